The Morgan fingerprint density at radius 3 is 2.96 bits per heavy atom. The highest BCUT2D eigenvalue weighted by Crippen LogP contribution is 2.52. The van der Waals surface area contributed by atoms with Crippen molar-refractivity contribution in [3.05, 3.63) is 81.6 Å². The van der Waals surface area contributed by atoms with Gasteiger partial charge in [-0.25, -0.2) is 0 Å². The van der Waals surface area contributed by atoms with Gasteiger partial charge in [-0.1, -0.05) is 64.0 Å². The smallest absolute Gasteiger partial charge is 0.101 e. The number of aliphatic hydroxyl groups is 1. The fraction of sp³-hybridized carbons (Fsp3) is 0.333. The number of halogens is 1. The van der Waals surface area contributed by atoms with Crippen molar-refractivity contribution in [2.75, 3.05) is 6.54 Å². The zero-order valence-corrected chi connectivity index (χ0v) is 15.4. The SMILES string of the molecule is CC1(C2NCCc3ccccc32)C(O)=CC2/C=C/C(Br)=C\C=C\1C2. The molecule has 4 rings (SSSR count). The molecular weight excluding hydrogens is 362 g/mol. The molecule has 1 aromatic carbocycles. The van der Waals surface area contributed by atoms with Crippen molar-refractivity contribution in [3.8, 4) is 0 Å². The normalized spacial score (nSPS) is 37.7. The van der Waals surface area contributed by atoms with Crippen LogP contribution in [0.4, 0.5) is 0 Å². The molecule has 0 saturated carbocycles. The maximum absolute atomic E-state index is 11.0. The van der Waals surface area contributed by atoms with Crippen molar-refractivity contribution in [2.45, 2.75) is 25.8 Å². The average Bonchev–Trinajstić information content (AvgIpc) is 2.59. The number of benzene rings is 1. The Morgan fingerprint density at radius 1 is 1.25 bits per heavy atom. The Morgan fingerprint density at radius 2 is 2.08 bits per heavy atom. The molecule has 124 valence electrons. The molecule has 24 heavy (non-hydrogen) atoms. The zero-order chi connectivity index (χ0) is 16.7. The van der Waals surface area contributed by atoms with E-state index in [9.17, 15) is 5.11 Å². The Bertz CT molecular complexity index is 789. The molecule has 0 radical (unpaired) electrons. The van der Waals surface area contributed by atoms with Crippen molar-refractivity contribution in [1.29, 1.82) is 0 Å². The highest BCUT2D eigenvalue weighted by atomic mass is 79.9. The van der Waals surface area contributed by atoms with Crippen LogP contribution in [0.3, 0.4) is 0 Å². The van der Waals surface area contributed by atoms with Gasteiger partial charge in [0.1, 0.15) is 5.76 Å². The standard InChI is InChI=1S/C21H22BrNO/c1-21(20-18-5-3-2-4-15(18)10-11-23-20)16-7-9-17(22)8-6-14(12-16)13-19(21)24/h2-9,13-14,20,23-24H,10-12H2,1H3/b8-6+,16-7+,17-9+. The molecule has 0 aromatic heterocycles. The number of allylic oxidation sites excluding steroid dienone is 6. The summed E-state index contributed by atoms with van der Waals surface area (Å²) < 4.78 is 1.07. The van der Waals surface area contributed by atoms with Gasteiger partial charge >= 0.3 is 0 Å². The third-order valence-electron chi connectivity index (χ3n) is 5.66. The van der Waals surface area contributed by atoms with E-state index >= 15 is 0 Å². The monoisotopic (exact) mass is 383 g/mol. The first-order valence-electron chi connectivity index (χ1n) is 8.56. The van der Waals surface area contributed by atoms with Crippen molar-refractivity contribution < 1.29 is 5.11 Å². The maximum Gasteiger partial charge on any atom is 0.101 e. The molecule has 2 N–H and O–H groups in total. The van der Waals surface area contributed by atoms with Gasteiger partial charge in [0.05, 0.1) is 5.41 Å². The molecule has 0 spiro atoms. The largest absolute Gasteiger partial charge is 0.512 e. The zero-order valence-electron chi connectivity index (χ0n) is 13.8. The van der Waals surface area contributed by atoms with Crippen molar-refractivity contribution in [1.82, 2.24) is 5.32 Å². The van der Waals surface area contributed by atoms with Crippen LogP contribution >= 0.6 is 15.9 Å². The average molecular weight is 384 g/mol. The van der Waals surface area contributed by atoms with Crippen molar-refractivity contribution in [3.63, 3.8) is 0 Å². The number of nitrogens with one attached hydrogen (secondary N) is 1. The van der Waals surface area contributed by atoms with Gasteiger partial charge < -0.3 is 10.4 Å². The summed E-state index contributed by atoms with van der Waals surface area (Å²) in [7, 11) is 0. The van der Waals surface area contributed by atoms with Gasteiger partial charge in [0.25, 0.3) is 0 Å². The molecule has 3 aliphatic rings. The van der Waals surface area contributed by atoms with Crippen molar-refractivity contribution in [2.24, 2.45) is 11.3 Å². The van der Waals surface area contributed by atoms with Crippen LogP contribution in [0, 0.1) is 11.3 Å². The lowest BCUT2D eigenvalue weighted by Gasteiger charge is -2.45. The number of hydrogen-bond acceptors (Lipinski definition) is 2. The second kappa shape index (κ2) is 6.05. The van der Waals surface area contributed by atoms with E-state index in [1.807, 2.05) is 6.08 Å². The van der Waals surface area contributed by atoms with E-state index in [0.717, 1.165) is 23.9 Å². The minimum Gasteiger partial charge on any atom is -0.512 e. The Balaban J connectivity index is 1.86. The first-order valence-corrected chi connectivity index (χ1v) is 9.36. The lowest BCUT2D eigenvalue weighted by Crippen LogP contribution is -2.44. The summed E-state index contributed by atoms with van der Waals surface area (Å²) in [6, 6.07) is 8.72. The van der Waals surface area contributed by atoms with Crippen LogP contribution in [0.25, 0.3) is 0 Å². The molecule has 3 heteroatoms. The fourth-order valence-electron chi connectivity index (χ4n) is 4.23. The summed E-state index contributed by atoms with van der Waals surface area (Å²) in [5.41, 5.74) is 3.57. The van der Waals surface area contributed by atoms with E-state index in [2.05, 4.69) is 76.7 Å². The molecule has 0 fully saturated rings. The van der Waals surface area contributed by atoms with E-state index in [-0.39, 0.29) is 12.0 Å². The summed E-state index contributed by atoms with van der Waals surface area (Å²) in [6.07, 6.45) is 12.5. The van der Waals surface area contributed by atoms with Crippen LogP contribution in [0.2, 0.25) is 0 Å². The summed E-state index contributed by atoms with van der Waals surface area (Å²) in [4.78, 5) is 0. The Labute approximate surface area is 151 Å². The van der Waals surface area contributed by atoms with Crippen LogP contribution in [-0.2, 0) is 6.42 Å². The molecule has 1 aliphatic heterocycles. The molecule has 0 saturated heterocycles. The van der Waals surface area contributed by atoms with Gasteiger partial charge in [-0.15, -0.1) is 0 Å². The van der Waals surface area contributed by atoms with E-state index in [1.54, 1.807) is 0 Å². The Hall–Kier alpha value is -1.58. The molecule has 0 amide bonds. The molecule has 1 heterocycles. The lowest BCUT2D eigenvalue weighted by atomic mass is 9.64. The number of fused-ring (bicyclic) bond motifs is 3. The van der Waals surface area contributed by atoms with Gasteiger partial charge in [0.15, 0.2) is 0 Å². The Kier molecular flexibility index (Phi) is 4.01. The van der Waals surface area contributed by atoms with Crippen molar-refractivity contribution >= 4 is 15.9 Å². The number of hydrogen-bond donors (Lipinski definition) is 2. The molecule has 2 bridgehead atoms. The minimum atomic E-state index is -0.415. The first-order chi connectivity index (χ1) is 11.6. The van der Waals surface area contributed by atoms with Crippen LogP contribution < -0.4 is 5.32 Å². The van der Waals surface area contributed by atoms with E-state index in [4.69, 9.17) is 0 Å². The second-order valence-corrected chi connectivity index (χ2v) is 7.98. The minimum absolute atomic E-state index is 0.0986. The molecule has 2 nitrogen and oxygen atoms in total. The summed E-state index contributed by atoms with van der Waals surface area (Å²) in [5.74, 6) is 0.736. The number of aliphatic hydroxyl groups excluding tert-OH is 1. The van der Waals surface area contributed by atoms with Gasteiger partial charge in [-0.3, -0.25) is 0 Å². The predicted molar refractivity (Wildman–Crippen MR) is 102 cm³/mol. The van der Waals surface area contributed by atoms with Gasteiger partial charge in [0, 0.05) is 16.4 Å². The summed E-state index contributed by atoms with van der Waals surface area (Å²) in [6.45, 7) is 3.12. The van der Waals surface area contributed by atoms with E-state index < -0.39 is 5.41 Å². The maximum atomic E-state index is 11.0. The van der Waals surface area contributed by atoms with Crippen LogP contribution in [0.1, 0.15) is 30.5 Å². The van der Waals surface area contributed by atoms with Gasteiger partial charge in [-0.2, -0.15) is 0 Å². The summed E-state index contributed by atoms with van der Waals surface area (Å²) in [5, 5.41) is 14.7. The third kappa shape index (κ3) is 2.51. The van der Waals surface area contributed by atoms with Crippen LogP contribution in [0.5, 0.6) is 0 Å². The third-order valence-corrected chi connectivity index (χ3v) is 6.19. The van der Waals surface area contributed by atoms with Crippen LogP contribution in [0.15, 0.2) is 70.5 Å². The molecule has 3 atom stereocenters. The predicted octanol–water partition coefficient (Wildman–Crippen LogP) is 5.12. The summed E-state index contributed by atoms with van der Waals surface area (Å²) >= 11 is 3.59. The second-order valence-electron chi connectivity index (χ2n) is 7.06. The van der Waals surface area contributed by atoms with Gasteiger partial charge in [-0.05, 0) is 49.6 Å². The van der Waals surface area contributed by atoms with E-state index in [1.165, 1.54) is 16.7 Å². The lowest BCUT2D eigenvalue weighted by molar-refractivity contribution is 0.189. The number of rotatable bonds is 1. The fourth-order valence-corrected chi connectivity index (χ4v) is 4.52. The molecular formula is C21H22BrNO. The molecule has 1 aromatic rings. The quantitative estimate of drug-likeness (QED) is 0.705. The highest BCUT2D eigenvalue weighted by molar-refractivity contribution is 9.11. The topological polar surface area (TPSA) is 32.3 Å². The molecule has 3 unspecified atom stereocenters. The van der Waals surface area contributed by atoms with Crippen LogP contribution in [-0.4, -0.2) is 11.7 Å². The van der Waals surface area contributed by atoms with E-state index in [0.29, 0.717) is 5.76 Å². The van der Waals surface area contributed by atoms with Gasteiger partial charge in [0.2, 0.25) is 0 Å². The highest BCUT2D eigenvalue weighted by Gasteiger charge is 2.46. The molecule has 2 aliphatic carbocycles. The first kappa shape index (κ1) is 15.9.